The summed E-state index contributed by atoms with van der Waals surface area (Å²) in [7, 11) is 0. The van der Waals surface area contributed by atoms with Gasteiger partial charge in [0.15, 0.2) is 0 Å². The molecule has 36 heavy (non-hydrogen) atoms. The van der Waals surface area contributed by atoms with Crippen LogP contribution in [0.4, 0.5) is 17.6 Å². The third-order valence-corrected chi connectivity index (χ3v) is 7.30. The molecular weight excluding hydrogens is 488 g/mol. The number of alkyl halides is 3. The molecule has 1 aliphatic rings. The van der Waals surface area contributed by atoms with Crippen LogP contribution in [-0.2, 0) is 12.7 Å². The lowest BCUT2D eigenvalue weighted by Gasteiger charge is -2.30. The first kappa shape index (κ1) is 26.4. The molecule has 3 aromatic rings. The van der Waals surface area contributed by atoms with Crippen molar-refractivity contribution in [3.8, 4) is 0 Å². The maximum atomic E-state index is 13.5. The molecule has 1 amide bonds. The van der Waals surface area contributed by atoms with Gasteiger partial charge in [0.2, 0.25) is 0 Å². The number of nitrogens with zero attached hydrogens (tertiary/aromatic N) is 2. The lowest BCUT2D eigenvalue weighted by Crippen LogP contribution is -2.39. The van der Waals surface area contributed by atoms with E-state index in [1.165, 1.54) is 42.0 Å². The Morgan fingerprint density at radius 3 is 2.50 bits per heavy atom. The normalized spacial score (nSPS) is 18.6. The molecule has 8 heteroatoms. The van der Waals surface area contributed by atoms with Crippen molar-refractivity contribution in [2.45, 2.75) is 32.5 Å². The Kier molecular flexibility index (Phi) is 8.15. The molecule has 0 spiro atoms. The van der Waals surface area contributed by atoms with Crippen LogP contribution in [0.1, 0.15) is 46.8 Å². The summed E-state index contributed by atoms with van der Waals surface area (Å²) in [5.41, 5.74) is 1.56. The summed E-state index contributed by atoms with van der Waals surface area (Å²) in [5, 5.41) is 4.09. The van der Waals surface area contributed by atoms with Gasteiger partial charge in [0.25, 0.3) is 5.91 Å². The van der Waals surface area contributed by atoms with Crippen molar-refractivity contribution in [2.75, 3.05) is 26.2 Å². The summed E-state index contributed by atoms with van der Waals surface area (Å²) < 4.78 is 53.8. The largest absolute Gasteiger partial charge is 0.416 e. The van der Waals surface area contributed by atoms with Gasteiger partial charge in [-0.15, -0.1) is 0 Å². The van der Waals surface area contributed by atoms with Crippen LogP contribution in [0.2, 0.25) is 0 Å². The van der Waals surface area contributed by atoms with Gasteiger partial charge in [-0.3, -0.25) is 9.69 Å². The molecule has 2 atom stereocenters. The minimum absolute atomic E-state index is 0.0460. The highest BCUT2D eigenvalue weighted by atomic mass is 32.1. The van der Waals surface area contributed by atoms with E-state index in [1.54, 1.807) is 22.3 Å². The summed E-state index contributed by atoms with van der Waals surface area (Å²) in [6.07, 6.45) is -4.41. The number of halogens is 4. The number of amides is 1. The summed E-state index contributed by atoms with van der Waals surface area (Å²) in [5.74, 6) is -0.601. The topological polar surface area (TPSA) is 23.6 Å². The molecule has 1 fully saturated rings. The van der Waals surface area contributed by atoms with E-state index < -0.39 is 17.6 Å². The van der Waals surface area contributed by atoms with Gasteiger partial charge in [0.1, 0.15) is 5.82 Å². The average molecular weight is 519 g/mol. The van der Waals surface area contributed by atoms with Gasteiger partial charge >= 0.3 is 6.18 Å². The van der Waals surface area contributed by atoms with Gasteiger partial charge in [-0.25, -0.2) is 4.39 Å². The fourth-order valence-corrected chi connectivity index (χ4v) is 5.64. The summed E-state index contributed by atoms with van der Waals surface area (Å²) in [6, 6.07) is 13.1. The maximum absolute atomic E-state index is 13.5. The molecule has 0 unspecified atom stereocenters. The predicted octanol–water partition coefficient (Wildman–Crippen LogP) is 6.92. The molecule has 1 aromatic heterocycles. The Morgan fingerprint density at radius 1 is 1.11 bits per heavy atom. The Hall–Kier alpha value is -2.71. The van der Waals surface area contributed by atoms with E-state index in [9.17, 15) is 22.4 Å². The van der Waals surface area contributed by atoms with Crippen LogP contribution in [0.25, 0.3) is 0 Å². The second-order valence-electron chi connectivity index (χ2n) is 9.93. The zero-order valence-corrected chi connectivity index (χ0v) is 21.2. The molecular formula is C28H30F4N2OS. The van der Waals surface area contributed by atoms with Gasteiger partial charge in [-0.05, 0) is 70.1 Å². The molecule has 0 radical (unpaired) electrons. The number of benzene rings is 2. The van der Waals surface area contributed by atoms with E-state index >= 15 is 0 Å². The molecule has 1 aliphatic heterocycles. The van der Waals surface area contributed by atoms with Gasteiger partial charge in [-0.2, -0.15) is 24.5 Å². The van der Waals surface area contributed by atoms with Crippen molar-refractivity contribution in [3.05, 3.63) is 93.4 Å². The van der Waals surface area contributed by atoms with E-state index in [-0.39, 0.29) is 23.7 Å². The van der Waals surface area contributed by atoms with Crippen LogP contribution in [-0.4, -0.2) is 41.9 Å². The third-order valence-electron chi connectivity index (χ3n) is 6.56. The van der Waals surface area contributed by atoms with E-state index in [0.29, 0.717) is 43.9 Å². The number of hydrogen-bond donors (Lipinski definition) is 0. The van der Waals surface area contributed by atoms with Crippen LogP contribution in [0.15, 0.2) is 65.4 Å². The first-order valence-electron chi connectivity index (χ1n) is 12.1. The van der Waals surface area contributed by atoms with Crippen molar-refractivity contribution in [1.82, 2.24) is 9.80 Å². The minimum atomic E-state index is -4.41. The van der Waals surface area contributed by atoms with Crippen molar-refractivity contribution >= 4 is 17.2 Å². The monoisotopic (exact) mass is 518 g/mol. The molecule has 2 aromatic carbocycles. The molecule has 0 bridgehead atoms. The quantitative estimate of drug-likeness (QED) is 0.302. The first-order chi connectivity index (χ1) is 17.1. The molecule has 3 nitrogen and oxygen atoms in total. The molecule has 2 heterocycles. The summed E-state index contributed by atoms with van der Waals surface area (Å²) in [4.78, 5) is 17.4. The number of thiophene rings is 1. The van der Waals surface area contributed by atoms with Gasteiger partial charge in [0, 0.05) is 44.2 Å². The van der Waals surface area contributed by atoms with Crippen LogP contribution in [0, 0.1) is 17.7 Å². The SMILES string of the molecule is CC(C)CN(C[C@@H]1CN(Cc2ccsc2)C[C@@H]1c1cccc(C(F)(F)F)c1)C(=O)c1ccc(F)cc1. The van der Waals surface area contributed by atoms with E-state index in [1.807, 2.05) is 19.2 Å². The molecule has 1 saturated heterocycles. The van der Waals surface area contributed by atoms with Gasteiger partial charge < -0.3 is 4.90 Å². The number of hydrogen-bond acceptors (Lipinski definition) is 3. The predicted molar refractivity (Wildman–Crippen MR) is 134 cm³/mol. The summed E-state index contributed by atoms with van der Waals surface area (Å²) >= 11 is 1.61. The van der Waals surface area contributed by atoms with Crippen LogP contribution >= 0.6 is 11.3 Å². The highest BCUT2D eigenvalue weighted by Gasteiger charge is 2.38. The molecule has 0 N–H and O–H groups in total. The van der Waals surface area contributed by atoms with E-state index in [4.69, 9.17) is 0 Å². The second kappa shape index (κ2) is 11.1. The standard InChI is InChI=1S/C28H30F4N2OS/c1-19(2)13-34(27(35)21-6-8-25(29)9-7-21)16-23-15-33(14-20-10-11-36-18-20)17-26(23)22-4-3-5-24(12-22)28(30,31)32/h3-12,18-19,23,26H,13-17H2,1-2H3/t23-,26+/m0/s1. The highest BCUT2D eigenvalue weighted by molar-refractivity contribution is 7.07. The van der Waals surface area contributed by atoms with Crippen molar-refractivity contribution in [2.24, 2.45) is 11.8 Å². The van der Waals surface area contributed by atoms with Crippen molar-refractivity contribution in [1.29, 1.82) is 0 Å². The van der Waals surface area contributed by atoms with Crippen LogP contribution in [0.3, 0.4) is 0 Å². The summed E-state index contributed by atoms with van der Waals surface area (Å²) in [6.45, 7) is 6.96. The van der Waals surface area contributed by atoms with E-state index in [2.05, 4.69) is 16.3 Å². The van der Waals surface area contributed by atoms with E-state index in [0.717, 1.165) is 6.07 Å². The third kappa shape index (κ3) is 6.53. The Balaban J connectivity index is 1.62. The number of carbonyl (C=O) groups excluding carboxylic acids is 1. The van der Waals surface area contributed by atoms with Crippen LogP contribution in [0.5, 0.6) is 0 Å². The lowest BCUT2D eigenvalue weighted by atomic mass is 9.87. The van der Waals surface area contributed by atoms with Gasteiger partial charge in [0.05, 0.1) is 5.56 Å². The molecule has 0 aliphatic carbocycles. The van der Waals surface area contributed by atoms with Crippen LogP contribution < -0.4 is 0 Å². The number of carbonyl (C=O) groups is 1. The minimum Gasteiger partial charge on any atom is -0.338 e. The van der Waals surface area contributed by atoms with Crippen molar-refractivity contribution in [3.63, 3.8) is 0 Å². The molecule has 192 valence electrons. The first-order valence-corrected chi connectivity index (χ1v) is 13.0. The second-order valence-corrected chi connectivity index (χ2v) is 10.7. The van der Waals surface area contributed by atoms with Gasteiger partial charge in [-0.1, -0.05) is 32.0 Å². The highest BCUT2D eigenvalue weighted by Crippen LogP contribution is 2.37. The Labute approximate surface area is 213 Å². The maximum Gasteiger partial charge on any atom is 0.416 e. The number of rotatable bonds is 8. The Morgan fingerprint density at radius 2 is 1.86 bits per heavy atom. The molecule has 4 rings (SSSR count). The Bertz CT molecular complexity index is 1150. The zero-order valence-electron chi connectivity index (χ0n) is 20.3. The molecule has 0 saturated carbocycles. The average Bonchev–Trinajstić information content (AvgIpc) is 3.48. The smallest absolute Gasteiger partial charge is 0.338 e. The zero-order chi connectivity index (χ0) is 25.9. The van der Waals surface area contributed by atoms with Crippen molar-refractivity contribution < 1.29 is 22.4 Å². The fraction of sp³-hybridized carbons (Fsp3) is 0.393. The number of likely N-dealkylation sites (tertiary alicyclic amines) is 1. The lowest BCUT2D eigenvalue weighted by molar-refractivity contribution is -0.137. The fourth-order valence-electron chi connectivity index (χ4n) is 4.98.